The summed E-state index contributed by atoms with van der Waals surface area (Å²) >= 11 is 5.83. The maximum Gasteiger partial charge on any atom is 0.207 e. The van der Waals surface area contributed by atoms with E-state index in [1.165, 1.54) is 10.6 Å². The van der Waals surface area contributed by atoms with Gasteiger partial charge < -0.3 is 4.90 Å². The molecule has 18 heavy (non-hydrogen) atoms. The normalized spacial score (nSPS) is 11.3. The lowest BCUT2D eigenvalue weighted by Crippen LogP contribution is -2.07. The van der Waals surface area contributed by atoms with E-state index in [-0.39, 0.29) is 5.78 Å². The van der Waals surface area contributed by atoms with Crippen molar-refractivity contribution in [3.05, 3.63) is 40.9 Å². The van der Waals surface area contributed by atoms with Crippen LogP contribution in [0.1, 0.15) is 16.2 Å². The molecule has 2 aromatic rings. The number of nitrogens with zero attached hydrogens (tertiary/aromatic N) is 4. The van der Waals surface area contributed by atoms with Crippen molar-refractivity contribution in [1.29, 1.82) is 0 Å². The predicted octanol–water partition coefficient (Wildman–Crippen LogP) is 1.95. The highest BCUT2D eigenvalue weighted by Gasteiger charge is 2.15. The van der Waals surface area contributed by atoms with Gasteiger partial charge in [-0.15, -0.1) is 0 Å². The molecule has 0 N–H and O–H groups in total. The average molecular weight is 265 g/mol. The van der Waals surface area contributed by atoms with Gasteiger partial charge in [0.2, 0.25) is 5.78 Å². The fourth-order valence-electron chi connectivity index (χ4n) is 1.60. The number of halogens is 1. The van der Waals surface area contributed by atoms with E-state index in [2.05, 4.69) is 10.1 Å². The summed E-state index contributed by atoms with van der Waals surface area (Å²) in [6.45, 7) is 1.78. The first-order valence-electron chi connectivity index (χ1n) is 5.40. The van der Waals surface area contributed by atoms with E-state index in [1.807, 2.05) is 14.1 Å². The lowest BCUT2D eigenvalue weighted by Gasteiger charge is -2.03. The van der Waals surface area contributed by atoms with Crippen molar-refractivity contribution < 1.29 is 4.79 Å². The fraction of sp³-hybridized carbons (Fsp3) is 0.250. The summed E-state index contributed by atoms with van der Waals surface area (Å²) < 4.78 is 1.47. The van der Waals surface area contributed by atoms with E-state index in [4.69, 9.17) is 11.6 Å². The zero-order chi connectivity index (χ0) is 13.3. The largest absolute Gasteiger partial charge is 0.383 e. The Labute approximate surface area is 110 Å². The van der Waals surface area contributed by atoms with Crippen LogP contribution in [0.15, 0.2) is 24.4 Å². The van der Waals surface area contributed by atoms with Gasteiger partial charge in [-0.3, -0.25) is 4.79 Å². The van der Waals surface area contributed by atoms with E-state index >= 15 is 0 Å². The van der Waals surface area contributed by atoms with Gasteiger partial charge in [0.15, 0.2) is 5.65 Å². The Bertz CT molecular complexity index is 630. The molecule has 0 fully saturated rings. The van der Waals surface area contributed by atoms with E-state index < -0.39 is 0 Å². The first-order valence-corrected chi connectivity index (χ1v) is 5.77. The fourth-order valence-corrected chi connectivity index (χ4v) is 1.74. The van der Waals surface area contributed by atoms with Gasteiger partial charge in [0.25, 0.3) is 0 Å². The number of allylic oxidation sites excluding steroid dienone is 1. The molecule has 2 aromatic heterocycles. The number of hydrogen-bond donors (Lipinski definition) is 0. The number of ketones is 1. The molecule has 5 nitrogen and oxygen atoms in total. The van der Waals surface area contributed by atoms with Gasteiger partial charge in [-0.05, 0) is 19.1 Å². The van der Waals surface area contributed by atoms with Crippen molar-refractivity contribution in [2.45, 2.75) is 6.92 Å². The number of rotatable bonds is 3. The Balaban J connectivity index is 2.53. The number of hydrogen-bond acceptors (Lipinski definition) is 4. The van der Waals surface area contributed by atoms with Crippen LogP contribution in [0, 0.1) is 6.92 Å². The van der Waals surface area contributed by atoms with Crippen LogP contribution >= 0.6 is 11.6 Å². The average Bonchev–Trinajstić information content (AvgIpc) is 2.61. The molecule has 0 saturated carbocycles. The maximum absolute atomic E-state index is 12.1. The minimum atomic E-state index is -0.150. The standard InChI is InChI=1S/C12H13ClN4O/c1-8-12(9(18)6-7-16(2)3)17-11(14-8)5-4-10(13)15-17/h4-7H,1-3H3/b7-6+. The monoisotopic (exact) mass is 264 g/mol. The molecule has 0 aliphatic heterocycles. The van der Waals surface area contributed by atoms with Crippen molar-refractivity contribution in [1.82, 2.24) is 19.5 Å². The van der Waals surface area contributed by atoms with Crippen LogP contribution in [-0.4, -0.2) is 39.4 Å². The van der Waals surface area contributed by atoms with Crippen LogP contribution in [0.2, 0.25) is 5.15 Å². The molecule has 0 bridgehead atoms. The van der Waals surface area contributed by atoms with Gasteiger partial charge in [0, 0.05) is 26.4 Å². The first kappa shape index (κ1) is 12.6. The van der Waals surface area contributed by atoms with E-state index in [1.54, 1.807) is 30.2 Å². The molecule has 2 rings (SSSR count). The van der Waals surface area contributed by atoms with Crippen molar-refractivity contribution in [2.24, 2.45) is 0 Å². The highest BCUT2D eigenvalue weighted by Crippen LogP contribution is 2.14. The van der Waals surface area contributed by atoms with E-state index in [0.29, 0.717) is 22.2 Å². The molecule has 0 saturated heterocycles. The smallest absolute Gasteiger partial charge is 0.207 e. The third kappa shape index (κ3) is 2.36. The molecule has 0 amide bonds. The Hall–Kier alpha value is -1.88. The minimum absolute atomic E-state index is 0.150. The Kier molecular flexibility index (Phi) is 3.34. The van der Waals surface area contributed by atoms with Crippen LogP contribution in [-0.2, 0) is 0 Å². The molecular weight excluding hydrogens is 252 g/mol. The van der Waals surface area contributed by atoms with Gasteiger partial charge >= 0.3 is 0 Å². The SMILES string of the molecule is Cc1nc2ccc(Cl)nn2c1C(=O)/C=C/N(C)C. The number of fused-ring (bicyclic) bond motifs is 1. The molecule has 0 aliphatic rings. The summed E-state index contributed by atoms with van der Waals surface area (Å²) in [6, 6.07) is 3.38. The third-order valence-corrected chi connectivity index (χ3v) is 2.58. The Morgan fingerprint density at radius 3 is 2.83 bits per heavy atom. The summed E-state index contributed by atoms with van der Waals surface area (Å²) in [7, 11) is 3.69. The van der Waals surface area contributed by atoms with Crippen molar-refractivity contribution >= 4 is 23.0 Å². The van der Waals surface area contributed by atoms with Crippen LogP contribution in [0.4, 0.5) is 0 Å². The molecule has 0 aliphatic carbocycles. The second-order valence-corrected chi connectivity index (χ2v) is 4.50. The van der Waals surface area contributed by atoms with Crippen LogP contribution < -0.4 is 0 Å². The molecule has 6 heteroatoms. The quantitative estimate of drug-likeness (QED) is 0.628. The third-order valence-electron chi connectivity index (χ3n) is 2.38. The van der Waals surface area contributed by atoms with Crippen molar-refractivity contribution in [2.75, 3.05) is 14.1 Å². The van der Waals surface area contributed by atoms with Crippen molar-refractivity contribution in [3.8, 4) is 0 Å². The summed E-state index contributed by atoms with van der Waals surface area (Å²) in [5, 5.41) is 4.42. The van der Waals surface area contributed by atoms with Crippen molar-refractivity contribution in [3.63, 3.8) is 0 Å². The summed E-state index contributed by atoms with van der Waals surface area (Å²) in [4.78, 5) is 18.2. The zero-order valence-electron chi connectivity index (χ0n) is 10.4. The Morgan fingerprint density at radius 2 is 2.17 bits per heavy atom. The van der Waals surface area contributed by atoms with E-state index in [9.17, 15) is 4.79 Å². The first-order chi connectivity index (χ1) is 8.49. The number of carbonyl (C=O) groups excluding carboxylic acids is 1. The summed E-state index contributed by atoms with van der Waals surface area (Å²) in [6.07, 6.45) is 3.17. The molecule has 0 unspecified atom stereocenters. The molecule has 0 atom stereocenters. The summed E-state index contributed by atoms with van der Waals surface area (Å²) in [5.41, 5.74) is 1.68. The molecule has 0 spiro atoms. The summed E-state index contributed by atoms with van der Waals surface area (Å²) in [5.74, 6) is -0.150. The van der Waals surface area contributed by atoms with Crippen LogP contribution in [0.3, 0.4) is 0 Å². The highest BCUT2D eigenvalue weighted by molar-refractivity contribution is 6.29. The second kappa shape index (κ2) is 4.78. The zero-order valence-corrected chi connectivity index (χ0v) is 11.1. The lowest BCUT2D eigenvalue weighted by molar-refractivity contribution is 0.103. The highest BCUT2D eigenvalue weighted by atomic mass is 35.5. The number of aryl methyl sites for hydroxylation is 1. The number of carbonyl (C=O) groups is 1. The number of imidazole rings is 1. The van der Waals surface area contributed by atoms with Gasteiger partial charge in [-0.25, -0.2) is 9.50 Å². The van der Waals surface area contributed by atoms with Gasteiger partial charge in [0.1, 0.15) is 10.8 Å². The maximum atomic E-state index is 12.1. The van der Waals surface area contributed by atoms with Crippen LogP contribution in [0.25, 0.3) is 5.65 Å². The molecule has 2 heterocycles. The number of aromatic nitrogens is 3. The minimum Gasteiger partial charge on any atom is -0.383 e. The Morgan fingerprint density at radius 1 is 1.44 bits per heavy atom. The van der Waals surface area contributed by atoms with Gasteiger partial charge in [-0.2, -0.15) is 5.10 Å². The van der Waals surface area contributed by atoms with E-state index in [0.717, 1.165) is 0 Å². The predicted molar refractivity (Wildman–Crippen MR) is 69.9 cm³/mol. The van der Waals surface area contributed by atoms with Crippen LogP contribution in [0.5, 0.6) is 0 Å². The molecule has 0 aromatic carbocycles. The molecule has 94 valence electrons. The van der Waals surface area contributed by atoms with Gasteiger partial charge in [0.05, 0.1) is 5.69 Å². The topological polar surface area (TPSA) is 50.5 Å². The molecular formula is C12H13ClN4O. The van der Waals surface area contributed by atoms with Gasteiger partial charge in [-0.1, -0.05) is 11.6 Å². The lowest BCUT2D eigenvalue weighted by atomic mass is 10.2. The molecule has 0 radical (unpaired) electrons. The second-order valence-electron chi connectivity index (χ2n) is 4.12.